The molecule has 2 fully saturated rings. The lowest BCUT2D eigenvalue weighted by Crippen LogP contribution is -2.42. The molecule has 0 saturated heterocycles. The van der Waals surface area contributed by atoms with Gasteiger partial charge in [0.2, 0.25) is 5.95 Å². The van der Waals surface area contributed by atoms with Crippen LogP contribution in [0.3, 0.4) is 0 Å². The molecule has 4 N–H and O–H groups in total. The number of hydrogen-bond acceptors (Lipinski definition) is 11. The van der Waals surface area contributed by atoms with Gasteiger partial charge in [-0.2, -0.15) is 26.9 Å². The predicted octanol–water partition coefficient (Wildman–Crippen LogP) is 5.08. The van der Waals surface area contributed by atoms with E-state index in [0.29, 0.717) is 10.5 Å². The van der Waals surface area contributed by atoms with Crippen LogP contribution in [0.25, 0.3) is 20.8 Å². The molecule has 1 aromatic carbocycles. The molecule has 0 spiro atoms. The van der Waals surface area contributed by atoms with E-state index < -0.39 is 70.2 Å². The van der Waals surface area contributed by atoms with Crippen LogP contribution in [0.1, 0.15) is 36.6 Å². The molecular weight excluding hydrogens is 674 g/mol. The van der Waals surface area contributed by atoms with E-state index in [1.807, 2.05) is 5.32 Å². The summed E-state index contributed by atoms with van der Waals surface area (Å²) in [5.74, 6) is -7.70. The Hall–Kier alpha value is -3.61. The van der Waals surface area contributed by atoms with Crippen LogP contribution in [0.5, 0.6) is 0 Å². The van der Waals surface area contributed by atoms with E-state index in [1.165, 1.54) is 18.3 Å². The van der Waals surface area contributed by atoms with E-state index in [4.69, 9.17) is 4.98 Å². The molecular formula is C29H28F6N6O4S2. The molecule has 2 aliphatic carbocycles. The number of nitrogens with one attached hydrogen (secondary N) is 2. The third kappa shape index (κ3) is 6.73. The Morgan fingerprint density at radius 1 is 1.00 bits per heavy atom. The Bertz CT molecular complexity index is 1900. The summed E-state index contributed by atoms with van der Waals surface area (Å²) in [6, 6.07) is 4.88. The Balaban J connectivity index is 1.33. The summed E-state index contributed by atoms with van der Waals surface area (Å²) in [7, 11) is -4.01. The highest BCUT2D eigenvalue weighted by molar-refractivity contribution is 7.91. The largest absolute Gasteiger partial charge is 0.455 e. The fourth-order valence-electron chi connectivity index (χ4n) is 5.57. The van der Waals surface area contributed by atoms with E-state index >= 15 is 0 Å². The monoisotopic (exact) mass is 702 g/mol. The molecule has 0 radical (unpaired) electrons. The molecule has 6 rings (SSSR count). The number of nitrogens with zero attached hydrogens (tertiary/aromatic N) is 4. The Morgan fingerprint density at radius 3 is 2.36 bits per heavy atom. The molecule has 0 amide bonds. The zero-order chi connectivity index (χ0) is 33.9. The fraction of sp³-hybridized carbons (Fsp3) is 0.448. The van der Waals surface area contributed by atoms with Crippen LogP contribution in [0.15, 0.2) is 41.4 Å². The predicted molar refractivity (Wildman–Crippen MR) is 161 cm³/mol. The highest BCUT2D eigenvalue weighted by Crippen LogP contribution is 2.45. The number of anilines is 2. The quantitative estimate of drug-likeness (QED) is 0.130. The minimum Gasteiger partial charge on any atom is -0.390 e. The van der Waals surface area contributed by atoms with Crippen molar-refractivity contribution in [1.82, 2.24) is 19.9 Å². The van der Waals surface area contributed by atoms with Gasteiger partial charge >= 0.3 is 12.1 Å². The summed E-state index contributed by atoms with van der Waals surface area (Å²) < 4.78 is 106. The molecule has 2 aliphatic rings. The van der Waals surface area contributed by atoms with E-state index in [2.05, 4.69) is 20.3 Å². The molecule has 2 saturated carbocycles. The number of benzene rings is 1. The SMILES string of the molecule is Cc1nc(NCC(F)(F)C(F)(F)F)nc(N[C@@H]2C[C@H](CS(=O)(=O)c3ccc(F)cc3)[C@@H](O)[C@H]2O)c1-c1nc2c(C3CC3)nccc2s1. The van der Waals surface area contributed by atoms with Crippen molar-refractivity contribution in [2.24, 2.45) is 5.92 Å². The number of hydrogen-bond donors (Lipinski definition) is 4. The number of rotatable bonds is 10. The topological polar surface area (TPSA) is 150 Å². The third-order valence-electron chi connectivity index (χ3n) is 8.22. The van der Waals surface area contributed by atoms with Crippen molar-refractivity contribution in [3.63, 3.8) is 0 Å². The summed E-state index contributed by atoms with van der Waals surface area (Å²) in [5.41, 5.74) is 1.88. The van der Waals surface area contributed by atoms with Gasteiger partial charge in [-0.25, -0.2) is 22.8 Å². The Labute approximate surface area is 268 Å². The van der Waals surface area contributed by atoms with Crippen molar-refractivity contribution < 1.29 is 45.0 Å². The van der Waals surface area contributed by atoms with Gasteiger partial charge in [-0.05, 0) is 56.5 Å². The van der Waals surface area contributed by atoms with Crippen LogP contribution in [0.2, 0.25) is 0 Å². The van der Waals surface area contributed by atoms with Crippen molar-refractivity contribution in [1.29, 1.82) is 0 Å². The van der Waals surface area contributed by atoms with Gasteiger partial charge in [-0.3, -0.25) is 4.98 Å². The molecule has 10 nitrogen and oxygen atoms in total. The van der Waals surface area contributed by atoms with E-state index in [0.717, 1.165) is 47.5 Å². The van der Waals surface area contributed by atoms with Crippen molar-refractivity contribution in [2.45, 2.75) is 67.3 Å². The number of aliphatic hydroxyl groups excluding tert-OH is 2. The molecule has 0 unspecified atom stereocenters. The second-order valence-corrected chi connectivity index (χ2v) is 14.8. The number of sulfone groups is 1. The van der Waals surface area contributed by atoms with Gasteiger partial charge < -0.3 is 20.8 Å². The summed E-state index contributed by atoms with van der Waals surface area (Å²) >= 11 is 1.25. The van der Waals surface area contributed by atoms with Crippen LogP contribution in [0.4, 0.5) is 38.1 Å². The number of halogens is 6. The van der Waals surface area contributed by atoms with E-state index in [-0.39, 0.29) is 34.3 Å². The first-order chi connectivity index (χ1) is 22.0. The summed E-state index contributed by atoms with van der Waals surface area (Å²) in [4.78, 5) is 17.3. The van der Waals surface area contributed by atoms with Gasteiger partial charge in [0.05, 0.1) is 51.0 Å². The molecule has 0 bridgehead atoms. The lowest BCUT2D eigenvalue weighted by atomic mass is 10.1. The number of pyridine rings is 1. The number of alkyl halides is 5. The van der Waals surface area contributed by atoms with Crippen LogP contribution >= 0.6 is 11.3 Å². The van der Waals surface area contributed by atoms with Gasteiger partial charge in [0.25, 0.3) is 0 Å². The van der Waals surface area contributed by atoms with Gasteiger partial charge in [-0.1, -0.05) is 0 Å². The molecule has 3 heterocycles. The molecule has 4 atom stereocenters. The number of aliphatic hydroxyl groups is 2. The minimum atomic E-state index is -5.82. The van der Waals surface area contributed by atoms with Gasteiger partial charge in [0, 0.05) is 18.0 Å². The second kappa shape index (κ2) is 12.1. The molecule has 4 aromatic rings. The first-order valence-electron chi connectivity index (χ1n) is 14.5. The highest BCUT2D eigenvalue weighted by Gasteiger charge is 2.57. The maximum atomic E-state index is 13.7. The zero-order valence-corrected chi connectivity index (χ0v) is 26.1. The Kier molecular flexibility index (Phi) is 8.59. The van der Waals surface area contributed by atoms with E-state index in [1.54, 1.807) is 12.3 Å². The third-order valence-corrected chi connectivity index (χ3v) is 11.1. The van der Waals surface area contributed by atoms with Crippen LogP contribution in [-0.4, -0.2) is 81.2 Å². The van der Waals surface area contributed by atoms with Crippen LogP contribution in [-0.2, 0) is 9.84 Å². The molecule has 3 aromatic heterocycles. The maximum Gasteiger partial charge on any atom is 0.455 e. The number of aromatic nitrogens is 4. The lowest BCUT2D eigenvalue weighted by molar-refractivity contribution is -0.275. The zero-order valence-electron chi connectivity index (χ0n) is 24.5. The maximum absolute atomic E-state index is 13.7. The molecule has 18 heteroatoms. The molecule has 0 aliphatic heterocycles. The average Bonchev–Trinajstić information content (AvgIpc) is 3.70. The fourth-order valence-corrected chi connectivity index (χ4v) is 8.28. The molecule has 252 valence electrons. The Morgan fingerprint density at radius 2 is 1.70 bits per heavy atom. The lowest BCUT2D eigenvalue weighted by Gasteiger charge is -2.22. The standard InChI is InChI=1S/C29H28F6N6O4S2/c1-13-20(26-40-22-19(46-26)8-9-36-21(22)14-2-3-14)25(41-27(38-13)37-12-28(31,32)29(33,34)35)39-18-10-15(23(42)24(18)43)11-47(44,45)17-6-4-16(30)5-7-17/h4-9,14-15,18,23-24,42-43H,2-3,10-12H2,1H3,(H2,37,38,39,41)/t15-,18-,23-,24+/m1/s1. The highest BCUT2D eigenvalue weighted by atomic mass is 32.2. The van der Waals surface area contributed by atoms with Gasteiger partial charge in [0.1, 0.15) is 28.3 Å². The number of fused-ring (bicyclic) bond motifs is 1. The normalized spacial score (nSPS) is 22.1. The first kappa shape index (κ1) is 33.3. The smallest absolute Gasteiger partial charge is 0.390 e. The van der Waals surface area contributed by atoms with Crippen molar-refractivity contribution in [2.75, 3.05) is 22.9 Å². The summed E-state index contributed by atoms with van der Waals surface area (Å²) in [6.45, 7) is -0.361. The van der Waals surface area contributed by atoms with Crippen molar-refractivity contribution in [3.8, 4) is 10.6 Å². The number of thiazole rings is 1. The number of aryl methyl sites for hydroxylation is 1. The van der Waals surface area contributed by atoms with Crippen molar-refractivity contribution >= 4 is 43.2 Å². The average molecular weight is 703 g/mol. The van der Waals surface area contributed by atoms with Gasteiger partial charge in [0.15, 0.2) is 9.84 Å². The second-order valence-electron chi connectivity index (χ2n) is 11.7. The minimum absolute atomic E-state index is 0.0893. The van der Waals surface area contributed by atoms with Crippen LogP contribution < -0.4 is 10.6 Å². The summed E-state index contributed by atoms with van der Waals surface area (Å²) in [5, 5.41) is 27.0. The van der Waals surface area contributed by atoms with Crippen molar-refractivity contribution in [3.05, 3.63) is 53.7 Å². The molecule has 47 heavy (non-hydrogen) atoms. The van der Waals surface area contributed by atoms with E-state index in [9.17, 15) is 45.0 Å². The first-order valence-corrected chi connectivity index (χ1v) is 16.9. The van der Waals surface area contributed by atoms with Crippen LogP contribution in [0, 0.1) is 18.7 Å². The summed E-state index contributed by atoms with van der Waals surface area (Å²) in [6.07, 6.45) is -5.41. The van der Waals surface area contributed by atoms with Gasteiger partial charge in [-0.15, -0.1) is 11.3 Å².